The Balaban J connectivity index is 1.55. The zero-order valence-electron chi connectivity index (χ0n) is 10.5. The number of anilines is 1. The molecule has 0 amide bonds. The first-order chi connectivity index (χ1) is 8.84. The monoisotopic (exact) mass is 253 g/mol. The van der Waals surface area contributed by atoms with Crippen molar-refractivity contribution in [2.24, 2.45) is 0 Å². The molecule has 3 nitrogen and oxygen atoms in total. The van der Waals surface area contributed by atoms with Crippen molar-refractivity contribution in [3.8, 4) is 0 Å². The maximum atomic E-state index is 12.9. The van der Waals surface area contributed by atoms with Gasteiger partial charge in [-0.2, -0.15) is 0 Å². The molecule has 0 bridgehead atoms. The Morgan fingerprint density at radius 2 is 2.33 bits per heavy atom. The first-order valence-corrected chi connectivity index (χ1v) is 6.53. The van der Waals surface area contributed by atoms with Crippen LogP contribution in [-0.2, 0) is 9.47 Å². The number of halogens is 1. The van der Waals surface area contributed by atoms with Crippen molar-refractivity contribution in [3.63, 3.8) is 0 Å². The Hall–Kier alpha value is -1.13. The Bertz CT molecular complexity index is 353. The van der Waals surface area contributed by atoms with Crippen LogP contribution in [0.1, 0.15) is 19.3 Å². The summed E-state index contributed by atoms with van der Waals surface area (Å²) in [5.41, 5.74) is 0.785. The van der Waals surface area contributed by atoms with E-state index in [4.69, 9.17) is 9.47 Å². The molecular formula is C14H20FNO2. The van der Waals surface area contributed by atoms with Gasteiger partial charge in [-0.25, -0.2) is 4.39 Å². The second kappa shape index (κ2) is 7.34. The van der Waals surface area contributed by atoms with E-state index in [0.29, 0.717) is 19.8 Å². The third kappa shape index (κ3) is 4.63. The molecule has 1 aromatic rings. The zero-order valence-corrected chi connectivity index (χ0v) is 10.5. The third-order valence-electron chi connectivity index (χ3n) is 2.98. The molecule has 4 heteroatoms. The van der Waals surface area contributed by atoms with E-state index in [1.807, 2.05) is 6.07 Å². The first-order valence-electron chi connectivity index (χ1n) is 6.53. The van der Waals surface area contributed by atoms with Crippen LogP contribution in [0, 0.1) is 5.82 Å². The summed E-state index contributed by atoms with van der Waals surface area (Å²) in [6.45, 7) is 2.80. The Morgan fingerprint density at radius 1 is 1.39 bits per heavy atom. The second-order valence-corrected chi connectivity index (χ2v) is 4.50. The quantitative estimate of drug-likeness (QED) is 0.791. The highest BCUT2D eigenvalue weighted by molar-refractivity contribution is 5.42. The molecular weight excluding hydrogens is 233 g/mol. The van der Waals surface area contributed by atoms with Gasteiger partial charge in [-0.1, -0.05) is 6.07 Å². The van der Waals surface area contributed by atoms with E-state index in [0.717, 1.165) is 25.1 Å². The summed E-state index contributed by atoms with van der Waals surface area (Å²) in [4.78, 5) is 0. The lowest BCUT2D eigenvalue weighted by Gasteiger charge is -2.22. The van der Waals surface area contributed by atoms with Crippen LogP contribution in [0.15, 0.2) is 24.3 Å². The maximum Gasteiger partial charge on any atom is 0.125 e. The van der Waals surface area contributed by atoms with E-state index < -0.39 is 0 Å². The third-order valence-corrected chi connectivity index (χ3v) is 2.98. The molecule has 1 aromatic carbocycles. The smallest absolute Gasteiger partial charge is 0.125 e. The van der Waals surface area contributed by atoms with Crippen LogP contribution < -0.4 is 5.32 Å². The highest BCUT2D eigenvalue weighted by atomic mass is 19.1. The van der Waals surface area contributed by atoms with Crippen molar-refractivity contribution in [2.45, 2.75) is 25.4 Å². The molecule has 18 heavy (non-hydrogen) atoms. The zero-order chi connectivity index (χ0) is 12.6. The van der Waals surface area contributed by atoms with Crippen LogP contribution in [-0.4, -0.2) is 32.5 Å². The molecule has 1 N–H and O–H groups in total. The standard InChI is InChI=1S/C14H20FNO2/c15-12-4-3-5-13(10-12)16-7-9-17-11-14-6-1-2-8-18-14/h3-5,10,14,16H,1-2,6-9,11H2. The SMILES string of the molecule is Fc1cccc(NCCOCC2CCCCO2)c1. The lowest BCUT2D eigenvalue weighted by molar-refractivity contribution is -0.0387. The molecule has 1 heterocycles. The van der Waals surface area contributed by atoms with E-state index in [9.17, 15) is 4.39 Å². The first kappa shape index (κ1) is 13.3. The van der Waals surface area contributed by atoms with Crippen molar-refractivity contribution >= 4 is 5.69 Å². The molecule has 1 atom stereocenters. The van der Waals surface area contributed by atoms with Gasteiger partial charge in [-0.15, -0.1) is 0 Å². The van der Waals surface area contributed by atoms with Crippen LogP contribution >= 0.6 is 0 Å². The summed E-state index contributed by atoms with van der Waals surface area (Å²) in [6.07, 6.45) is 3.75. The highest BCUT2D eigenvalue weighted by Gasteiger charge is 2.13. The minimum absolute atomic E-state index is 0.225. The number of nitrogens with one attached hydrogen (secondary N) is 1. The predicted octanol–water partition coefficient (Wildman–Crippen LogP) is 2.82. The van der Waals surface area contributed by atoms with E-state index in [1.165, 1.54) is 18.6 Å². The van der Waals surface area contributed by atoms with Gasteiger partial charge in [0, 0.05) is 18.8 Å². The number of hydrogen-bond acceptors (Lipinski definition) is 3. The fraction of sp³-hybridized carbons (Fsp3) is 0.571. The minimum atomic E-state index is -0.225. The fourth-order valence-electron chi connectivity index (χ4n) is 2.02. The summed E-state index contributed by atoms with van der Waals surface area (Å²) >= 11 is 0. The average molecular weight is 253 g/mol. The Morgan fingerprint density at radius 3 is 3.11 bits per heavy atom. The van der Waals surface area contributed by atoms with Crippen LogP contribution in [0.5, 0.6) is 0 Å². The summed E-state index contributed by atoms with van der Waals surface area (Å²) < 4.78 is 24.0. The molecule has 1 fully saturated rings. The van der Waals surface area contributed by atoms with E-state index in [-0.39, 0.29) is 11.9 Å². The molecule has 0 radical (unpaired) electrons. The van der Waals surface area contributed by atoms with Gasteiger partial charge >= 0.3 is 0 Å². The van der Waals surface area contributed by atoms with Gasteiger partial charge in [-0.3, -0.25) is 0 Å². The van der Waals surface area contributed by atoms with E-state index in [2.05, 4.69) is 5.32 Å². The molecule has 1 saturated heterocycles. The average Bonchev–Trinajstić information content (AvgIpc) is 2.40. The summed E-state index contributed by atoms with van der Waals surface area (Å²) in [5.74, 6) is -0.225. The van der Waals surface area contributed by atoms with Crippen molar-refractivity contribution in [1.82, 2.24) is 0 Å². The molecule has 2 rings (SSSR count). The van der Waals surface area contributed by atoms with E-state index in [1.54, 1.807) is 6.07 Å². The number of hydrogen-bond donors (Lipinski definition) is 1. The minimum Gasteiger partial charge on any atom is -0.383 e. The molecule has 1 unspecified atom stereocenters. The van der Waals surface area contributed by atoms with Gasteiger partial charge < -0.3 is 14.8 Å². The highest BCUT2D eigenvalue weighted by Crippen LogP contribution is 2.12. The van der Waals surface area contributed by atoms with Gasteiger partial charge in [0.05, 0.1) is 19.3 Å². The van der Waals surface area contributed by atoms with Crippen LogP contribution in [0.25, 0.3) is 0 Å². The summed E-state index contributed by atoms with van der Waals surface area (Å²) in [5, 5.41) is 3.12. The normalized spacial score (nSPS) is 19.7. The molecule has 0 aromatic heterocycles. The molecule has 1 aliphatic rings. The molecule has 0 saturated carbocycles. The van der Waals surface area contributed by atoms with Gasteiger partial charge in [0.15, 0.2) is 0 Å². The summed E-state index contributed by atoms with van der Waals surface area (Å²) in [7, 11) is 0. The number of ether oxygens (including phenoxy) is 2. The summed E-state index contributed by atoms with van der Waals surface area (Å²) in [6, 6.07) is 6.44. The topological polar surface area (TPSA) is 30.5 Å². The molecule has 1 aliphatic heterocycles. The second-order valence-electron chi connectivity index (χ2n) is 4.50. The number of benzene rings is 1. The van der Waals surface area contributed by atoms with Gasteiger partial charge in [0.1, 0.15) is 5.82 Å². The van der Waals surface area contributed by atoms with Gasteiger partial charge in [0.2, 0.25) is 0 Å². The largest absolute Gasteiger partial charge is 0.383 e. The van der Waals surface area contributed by atoms with Crippen LogP contribution in [0.3, 0.4) is 0 Å². The lowest BCUT2D eigenvalue weighted by Crippen LogP contribution is -2.25. The van der Waals surface area contributed by atoms with Crippen LogP contribution in [0.4, 0.5) is 10.1 Å². The molecule has 0 aliphatic carbocycles. The number of rotatable bonds is 6. The predicted molar refractivity (Wildman–Crippen MR) is 69.3 cm³/mol. The Kier molecular flexibility index (Phi) is 5.42. The van der Waals surface area contributed by atoms with E-state index >= 15 is 0 Å². The lowest BCUT2D eigenvalue weighted by atomic mass is 10.1. The van der Waals surface area contributed by atoms with Gasteiger partial charge in [-0.05, 0) is 37.5 Å². The fourth-order valence-corrected chi connectivity index (χ4v) is 2.02. The van der Waals surface area contributed by atoms with Gasteiger partial charge in [0.25, 0.3) is 0 Å². The molecule has 100 valence electrons. The Labute approximate surface area is 107 Å². The van der Waals surface area contributed by atoms with Crippen molar-refractivity contribution < 1.29 is 13.9 Å². The molecule has 0 spiro atoms. The maximum absolute atomic E-state index is 12.9. The van der Waals surface area contributed by atoms with Crippen molar-refractivity contribution in [2.75, 3.05) is 31.7 Å². The van der Waals surface area contributed by atoms with Crippen LogP contribution in [0.2, 0.25) is 0 Å². The van der Waals surface area contributed by atoms with Crippen molar-refractivity contribution in [3.05, 3.63) is 30.1 Å². The van der Waals surface area contributed by atoms with Crippen molar-refractivity contribution in [1.29, 1.82) is 0 Å².